The van der Waals surface area contributed by atoms with Crippen molar-refractivity contribution in [1.82, 2.24) is 4.90 Å². The number of unbranched alkanes of at least 4 members (excludes halogenated alkanes) is 1. The first-order valence-corrected chi connectivity index (χ1v) is 11.7. The molecule has 2 unspecified atom stereocenters. The van der Waals surface area contributed by atoms with Crippen LogP contribution in [0.3, 0.4) is 0 Å². The van der Waals surface area contributed by atoms with Crippen molar-refractivity contribution in [2.24, 2.45) is 0 Å². The Morgan fingerprint density at radius 3 is 1.97 bits per heavy atom. The molecule has 0 bridgehead atoms. The highest BCUT2D eigenvalue weighted by Gasteiger charge is 2.23. The SMILES string of the molecule is CC1CN(CCCCOc2ccc(C(C)(C)c3ccccc3)cc2)CC(C)O1.O=C(O)C(=O)O. The number of morpholine rings is 1. The van der Waals surface area contributed by atoms with Gasteiger partial charge in [-0.05, 0) is 56.5 Å². The standard InChI is InChI=1S/C25H35NO2.C2H2O4/c1-20-18-26(19-21(2)28-20)16-8-9-17-27-24-14-12-23(13-15-24)25(3,4)22-10-6-5-7-11-22;3-1(4)2(5)6/h5-7,10-15,20-21H,8-9,16-19H2,1-4H3;(H,3,4)(H,5,6). The third-order valence-electron chi connectivity index (χ3n) is 5.89. The maximum Gasteiger partial charge on any atom is 0.414 e. The fourth-order valence-corrected chi connectivity index (χ4v) is 4.08. The number of hydrogen-bond donors (Lipinski definition) is 2. The second-order valence-corrected chi connectivity index (χ2v) is 9.20. The summed E-state index contributed by atoms with van der Waals surface area (Å²) in [6.45, 7) is 12.9. The highest BCUT2D eigenvalue weighted by atomic mass is 16.5. The van der Waals surface area contributed by atoms with Crippen LogP contribution in [0.15, 0.2) is 54.6 Å². The molecule has 0 spiro atoms. The predicted molar refractivity (Wildman–Crippen MR) is 131 cm³/mol. The Morgan fingerprint density at radius 2 is 1.44 bits per heavy atom. The van der Waals surface area contributed by atoms with Crippen molar-refractivity contribution in [3.05, 3.63) is 65.7 Å². The van der Waals surface area contributed by atoms with E-state index in [-0.39, 0.29) is 5.41 Å². The van der Waals surface area contributed by atoms with E-state index in [0.29, 0.717) is 12.2 Å². The molecule has 0 aromatic heterocycles. The van der Waals surface area contributed by atoms with Gasteiger partial charge in [0.2, 0.25) is 0 Å². The van der Waals surface area contributed by atoms with Crippen LogP contribution >= 0.6 is 0 Å². The van der Waals surface area contributed by atoms with Gasteiger partial charge in [0.25, 0.3) is 0 Å². The van der Waals surface area contributed by atoms with Gasteiger partial charge >= 0.3 is 11.9 Å². The number of ether oxygens (including phenoxy) is 2. The van der Waals surface area contributed by atoms with Crippen molar-refractivity contribution in [2.75, 3.05) is 26.2 Å². The zero-order chi connectivity index (χ0) is 25.1. The van der Waals surface area contributed by atoms with Gasteiger partial charge in [-0.1, -0.05) is 56.3 Å². The fourth-order valence-electron chi connectivity index (χ4n) is 4.08. The van der Waals surface area contributed by atoms with E-state index in [2.05, 4.69) is 87.2 Å². The highest BCUT2D eigenvalue weighted by molar-refractivity contribution is 6.27. The van der Waals surface area contributed by atoms with E-state index in [0.717, 1.165) is 38.4 Å². The molecule has 1 aliphatic rings. The highest BCUT2D eigenvalue weighted by Crippen LogP contribution is 2.32. The van der Waals surface area contributed by atoms with Gasteiger partial charge in [-0.15, -0.1) is 0 Å². The van der Waals surface area contributed by atoms with Crippen molar-refractivity contribution >= 4 is 11.9 Å². The number of nitrogens with zero attached hydrogens (tertiary/aromatic N) is 1. The van der Waals surface area contributed by atoms with E-state index in [1.54, 1.807) is 0 Å². The van der Waals surface area contributed by atoms with E-state index in [4.69, 9.17) is 29.3 Å². The summed E-state index contributed by atoms with van der Waals surface area (Å²) in [5.41, 5.74) is 2.63. The van der Waals surface area contributed by atoms with Gasteiger partial charge in [0, 0.05) is 18.5 Å². The van der Waals surface area contributed by atoms with Crippen LogP contribution in [0.4, 0.5) is 0 Å². The van der Waals surface area contributed by atoms with Crippen LogP contribution in [0.5, 0.6) is 5.75 Å². The number of hydrogen-bond acceptors (Lipinski definition) is 5. The summed E-state index contributed by atoms with van der Waals surface area (Å²) in [6, 6.07) is 19.3. The molecular formula is C27H37NO6. The van der Waals surface area contributed by atoms with Gasteiger partial charge in [-0.25, -0.2) is 9.59 Å². The van der Waals surface area contributed by atoms with Gasteiger partial charge in [-0.2, -0.15) is 0 Å². The average molecular weight is 472 g/mol. The zero-order valence-electron chi connectivity index (χ0n) is 20.6. The second-order valence-electron chi connectivity index (χ2n) is 9.20. The third kappa shape index (κ3) is 8.80. The van der Waals surface area contributed by atoms with Gasteiger partial charge in [0.15, 0.2) is 0 Å². The van der Waals surface area contributed by atoms with Crippen LogP contribution in [-0.4, -0.2) is 65.5 Å². The Labute approximate surface area is 202 Å². The molecule has 1 fully saturated rings. The quantitative estimate of drug-likeness (QED) is 0.434. The topological polar surface area (TPSA) is 96.3 Å². The number of benzene rings is 2. The number of carboxylic acids is 2. The number of carboxylic acid groups (broad SMARTS) is 2. The summed E-state index contributed by atoms with van der Waals surface area (Å²) in [5.74, 6) is -2.69. The number of carbonyl (C=O) groups is 2. The van der Waals surface area contributed by atoms with E-state index in [1.807, 2.05) is 0 Å². The smallest absolute Gasteiger partial charge is 0.414 e. The molecule has 2 aromatic rings. The van der Waals surface area contributed by atoms with Crippen LogP contribution < -0.4 is 4.74 Å². The van der Waals surface area contributed by atoms with Crippen molar-refractivity contribution in [2.45, 2.75) is 58.2 Å². The Hall–Kier alpha value is -2.90. The molecule has 1 aliphatic heterocycles. The molecule has 7 nitrogen and oxygen atoms in total. The summed E-state index contributed by atoms with van der Waals surface area (Å²) in [7, 11) is 0. The van der Waals surface area contributed by atoms with Gasteiger partial charge in [-0.3, -0.25) is 4.90 Å². The maximum absolute atomic E-state index is 9.10. The van der Waals surface area contributed by atoms with E-state index in [1.165, 1.54) is 17.5 Å². The minimum atomic E-state index is -1.82. The molecular weight excluding hydrogens is 434 g/mol. The monoisotopic (exact) mass is 471 g/mol. The summed E-state index contributed by atoms with van der Waals surface area (Å²) in [4.78, 5) is 20.7. The van der Waals surface area contributed by atoms with Gasteiger partial charge in [0.05, 0.1) is 18.8 Å². The van der Waals surface area contributed by atoms with Gasteiger partial charge in [0.1, 0.15) is 5.75 Å². The Bertz CT molecular complexity index is 875. The predicted octanol–water partition coefficient (Wildman–Crippen LogP) is 4.44. The molecule has 2 N–H and O–H groups in total. The molecule has 2 atom stereocenters. The summed E-state index contributed by atoms with van der Waals surface area (Å²) < 4.78 is 11.8. The van der Waals surface area contributed by atoms with Crippen LogP contribution in [0.1, 0.15) is 51.7 Å². The molecule has 3 rings (SSSR count). The molecule has 186 valence electrons. The molecule has 1 saturated heterocycles. The lowest BCUT2D eigenvalue weighted by atomic mass is 9.78. The first-order valence-electron chi connectivity index (χ1n) is 11.7. The van der Waals surface area contributed by atoms with Gasteiger partial charge < -0.3 is 19.7 Å². The molecule has 0 amide bonds. The van der Waals surface area contributed by atoms with Crippen LogP contribution in [0.2, 0.25) is 0 Å². The minimum Gasteiger partial charge on any atom is -0.494 e. The van der Waals surface area contributed by atoms with Crippen molar-refractivity contribution in [1.29, 1.82) is 0 Å². The normalized spacial score (nSPS) is 18.5. The summed E-state index contributed by atoms with van der Waals surface area (Å²) >= 11 is 0. The summed E-state index contributed by atoms with van der Waals surface area (Å²) in [5, 5.41) is 14.8. The van der Waals surface area contributed by atoms with E-state index in [9.17, 15) is 0 Å². The minimum absolute atomic E-state index is 0.00772. The molecule has 7 heteroatoms. The molecule has 0 saturated carbocycles. The van der Waals surface area contributed by atoms with Crippen LogP contribution in [0.25, 0.3) is 0 Å². The van der Waals surface area contributed by atoms with E-state index < -0.39 is 11.9 Å². The molecule has 0 aliphatic carbocycles. The molecule has 1 heterocycles. The first-order chi connectivity index (χ1) is 16.1. The number of aliphatic carboxylic acids is 2. The van der Waals surface area contributed by atoms with Crippen LogP contribution in [0, 0.1) is 0 Å². The molecule has 2 aromatic carbocycles. The Balaban J connectivity index is 0.000000604. The fraction of sp³-hybridized carbons (Fsp3) is 0.481. The lowest BCUT2D eigenvalue weighted by molar-refractivity contribution is -0.159. The van der Waals surface area contributed by atoms with Crippen molar-refractivity contribution in [3.63, 3.8) is 0 Å². The Kier molecular flexibility index (Phi) is 10.5. The third-order valence-corrected chi connectivity index (χ3v) is 5.89. The largest absolute Gasteiger partial charge is 0.494 e. The Morgan fingerprint density at radius 1 is 0.912 bits per heavy atom. The first kappa shape index (κ1) is 27.3. The van der Waals surface area contributed by atoms with Crippen molar-refractivity contribution < 1.29 is 29.3 Å². The second kappa shape index (κ2) is 13.1. The zero-order valence-corrected chi connectivity index (χ0v) is 20.6. The lowest BCUT2D eigenvalue weighted by Crippen LogP contribution is -2.45. The molecule has 34 heavy (non-hydrogen) atoms. The lowest BCUT2D eigenvalue weighted by Gasteiger charge is -2.35. The average Bonchev–Trinajstić information content (AvgIpc) is 2.79. The maximum atomic E-state index is 9.10. The summed E-state index contributed by atoms with van der Waals surface area (Å²) in [6.07, 6.45) is 2.94. The van der Waals surface area contributed by atoms with Crippen molar-refractivity contribution in [3.8, 4) is 5.75 Å². The molecule has 0 radical (unpaired) electrons. The van der Waals surface area contributed by atoms with Crippen LogP contribution in [-0.2, 0) is 19.7 Å². The van der Waals surface area contributed by atoms with E-state index >= 15 is 0 Å². The number of rotatable bonds is 8.